The lowest BCUT2D eigenvalue weighted by atomic mass is 9.89. The summed E-state index contributed by atoms with van der Waals surface area (Å²) in [6, 6.07) is 10.5. The largest absolute Gasteiger partial charge is 0.481 e. The van der Waals surface area contributed by atoms with Crippen molar-refractivity contribution in [3.63, 3.8) is 0 Å². The minimum atomic E-state index is -0.711. The fourth-order valence-electron chi connectivity index (χ4n) is 3.20. The SMILES string of the molecule is Cn1nccc1CN1CC(CCC(=O)O)Cc2ccccc21. The maximum absolute atomic E-state index is 10.8. The topological polar surface area (TPSA) is 58.4 Å². The van der Waals surface area contributed by atoms with Gasteiger partial charge >= 0.3 is 5.97 Å². The van der Waals surface area contributed by atoms with E-state index >= 15 is 0 Å². The van der Waals surface area contributed by atoms with Gasteiger partial charge in [-0.2, -0.15) is 5.10 Å². The number of nitrogens with zero attached hydrogens (tertiary/aromatic N) is 3. The van der Waals surface area contributed by atoms with Gasteiger partial charge in [-0.25, -0.2) is 0 Å². The van der Waals surface area contributed by atoms with Gasteiger partial charge in [0.1, 0.15) is 0 Å². The van der Waals surface area contributed by atoms with E-state index in [9.17, 15) is 4.79 Å². The van der Waals surface area contributed by atoms with E-state index in [0.717, 1.165) is 31.6 Å². The van der Waals surface area contributed by atoms with Gasteiger partial charge in [-0.1, -0.05) is 18.2 Å². The zero-order valence-corrected chi connectivity index (χ0v) is 12.8. The lowest BCUT2D eigenvalue weighted by molar-refractivity contribution is -0.137. The van der Waals surface area contributed by atoms with Crippen LogP contribution in [0.2, 0.25) is 0 Å². The number of anilines is 1. The maximum Gasteiger partial charge on any atom is 0.303 e. The van der Waals surface area contributed by atoms with Crippen molar-refractivity contribution in [1.82, 2.24) is 9.78 Å². The molecule has 1 N–H and O–H groups in total. The molecule has 0 fully saturated rings. The van der Waals surface area contributed by atoms with Crippen molar-refractivity contribution in [3.05, 3.63) is 47.8 Å². The molecule has 1 aliphatic rings. The first-order valence-corrected chi connectivity index (χ1v) is 7.65. The second kappa shape index (κ2) is 6.22. The lowest BCUT2D eigenvalue weighted by Crippen LogP contribution is -2.35. The molecule has 5 heteroatoms. The molecule has 3 rings (SSSR count). The number of rotatable bonds is 5. The molecule has 0 spiro atoms. The molecule has 2 aromatic rings. The molecular formula is C17H21N3O2. The Balaban J connectivity index is 1.80. The van der Waals surface area contributed by atoms with Crippen LogP contribution < -0.4 is 4.90 Å². The Hall–Kier alpha value is -2.30. The number of aromatic nitrogens is 2. The van der Waals surface area contributed by atoms with Crippen LogP contribution in [0, 0.1) is 5.92 Å². The maximum atomic E-state index is 10.8. The van der Waals surface area contributed by atoms with Crippen molar-refractivity contribution < 1.29 is 9.90 Å². The molecule has 22 heavy (non-hydrogen) atoms. The van der Waals surface area contributed by atoms with Crippen LogP contribution in [0.5, 0.6) is 0 Å². The van der Waals surface area contributed by atoms with Crippen molar-refractivity contribution >= 4 is 11.7 Å². The molecule has 0 radical (unpaired) electrons. The summed E-state index contributed by atoms with van der Waals surface area (Å²) in [5.74, 6) is -0.323. The smallest absolute Gasteiger partial charge is 0.303 e. The number of carboxylic acids is 1. The van der Waals surface area contributed by atoms with Crippen molar-refractivity contribution in [1.29, 1.82) is 0 Å². The van der Waals surface area contributed by atoms with Gasteiger partial charge in [0, 0.05) is 31.9 Å². The third kappa shape index (κ3) is 3.13. The Labute approximate surface area is 130 Å². The second-order valence-corrected chi connectivity index (χ2v) is 5.96. The van der Waals surface area contributed by atoms with Crippen molar-refractivity contribution in [3.8, 4) is 0 Å². The number of fused-ring (bicyclic) bond motifs is 1. The number of hydrogen-bond acceptors (Lipinski definition) is 3. The van der Waals surface area contributed by atoms with Crippen LogP contribution in [0.15, 0.2) is 36.5 Å². The number of aliphatic carboxylic acids is 1. The van der Waals surface area contributed by atoms with Gasteiger partial charge in [0.2, 0.25) is 0 Å². The highest BCUT2D eigenvalue weighted by atomic mass is 16.4. The van der Waals surface area contributed by atoms with E-state index < -0.39 is 5.97 Å². The summed E-state index contributed by atoms with van der Waals surface area (Å²) < 4.78 is 1.89. The summed E-state index contributed by atoms with van der Waals surface area (Å²) >= 11 is 0. The second-order valence-electron chi connectivity index (χ2n) is 5.96. The first kappa shape index (κ1) is 14.6. The predicted octanol–water partition coefficient (Wildman–Crippen LogP) is 2.46. The van der Waals surface area contributed by atoms with Crippen molar-refractivity contribution in [2.24, 2.45) is 13.0 Å². The molecule has 1 aromatic heterocycles. The molecule has 0 saturated carbocycles. The molecule has 5 nitrogen and oxygen atoms in total. The van der Waals surface area contributed by atoms with E-state index in [1.54, 1.807) is 0 Å². The predicted molar refractivity (Wildman–Crippen MR) is 84.8 cm³/mol. The first-order valence-electron chi connectivity index (χ1n) is 7.65. The minimum Gasteiger partial charge on any atom is -0.481 e. The summed E-state index contributed by atoms with van der Waals surface area (Å²) in [7, 11) is 1.95. The highest BCUT2D eigenvalue weighted by molar-refractivity contribution is 5.66. The zero-order valence-electron chi connectivity index (χ0n) is 12.8. The van der Waals surface area contributed by atoms with Crippen LogP contribution in [-0.2, 0) is 24.8 Å². The highest BCUT2D eigenvalue weighted by Crippen LogP contribution is 2.32. The van der Waals surface area contributed by atoms with E-state index in [1.807, 2.05) is 24.0 Å². The number of carboxylic acid groups (broad SMARTS) is 1. The number of benzene rings is 1. The average molecular weight is 299 g/mol. The Bertz CT molecular complexity index is 665. The van der Waals surface area contributed by atoms with Crippen LogP contribution in [0.4, 0.5) is 5.69 Å². The summed E-state index contributed by atoms with van der Waals surface area (Å²) in [5, 5.41) is 13.2. The van der Waals surface area contributed by atoms with E-state index in [-0.39, 0.29) is 6.42 Å². The molecule has 1 aliphatic heterocycles. The highest BCUT2D eigenvalue weighted by Gasteiger charge is 2.25. The fraction of sp³-hybridized carbons (Fsp3) is 0.412. The van der Waals surface area contributed by atoms with Gasteiger partial charge in [0.25, 0.3) is 0 Å². The molecular weight excluding hydrogens is 278 g/mol. The molecule has 1 unspecified atom stereocenters. The molecule has 0 bridgehead atoms. The number of aryl methyl sites for hydroxylation is 1. The van der Waals surface area contributed by atoms with E-state index in [0.29, 0.717) is 5.92 Å². The molecule has 0 aliphatic carbocycles. The third-order valence-electron chi connectivity index (χ3n) is 4.36. The Kier molecular flexibility index (Phi) is 4.13. The number of hydrogen-bond donors (Lipinski definition) is 1. The van der Waals surface area contributed by atoms with Gasteiger partial charge in [0.15, 0.2) is 0 Å². The quantitative estimate of drug-likeness (QED) is 0.921. The van der Waals surface area contributed by atoms with Gasteiger partial charge in [-0.05, 0) is 36.5 Å². The van der Waals surface area contributed by atoms with Gasteiger partial charge < -0.3 is 10.0 Å². The van der Waals surface area contributed by atoms with Crippen LogP contribution in [0.25, 0.3) is 0 Å². The van der Waals surface area contributed by atoms with E-state index in [4.69, 9.17) is 5.11 Å². The summed E-state index contributed by atoms with van der Waals surface area (Å²) in [6.45, 7) is 1.70. The Morgan fingerprint density at radius 3 is 2.91 bits per heavy atom. The lowest BCUT2D eigenvalue weighted by Gasteiger charge is -2.36. The normalized spacial score (nSPS) is 17.3. The molecule has 0 saturated heterocycles. The Morgan fingerprint density at radius 1 is 1.36 bits per heavy atom. The van der Waals surface area contributed by atoms with Gasteiger partial charge in [-0.15, -0.1) is 0 Å². The van der Waals surface area contributed by atoms with E-state index in [1.165, 1.54) is 11.3 Å². The molecule has 116 valence electrons. The van der Waals surface area contributed by atoms with E-state index in [2.05, 4.69) is 34.3 Å². The Morgan fingerprint density at radius 2 is 2.18 bits per heavy atom. The fourth-order valence-corrected chi connectivity index (χ4v) is 3.20. The molecule has 0 amide bonds. The minimum absolute atomic E-state index is 0.242. The standard InChI is InChI=1S/C17H21N3O2/c1-19-15(8-9-18-19)12-20-11-13(6-7-17(21)22)10-14-4-2-3-5-16(14)20/h2-5,8-9,13H,6-7,10-12H2,1H3,(H,21,22). The first-order chi connectivity index (χ1) is 10.6. The summed E-state index contributed by atoms with van der Waals surface area (Å²) in [6.07, 6.45) is 3.75. The molecule has 2 heterocycles. The van der Waals surface area contributed by atoms with Crippen molar-refractivity contribution in [2.45, 2.75) is 25.8 Å². The average Bonchev–Trinajstić information content (AvgIpc) is 2.90. The van der Waals surface area contributed by atoms with Gasteiger partial charge in [-0.3, -0.25) is 9.48 Å². The van der Waals surface area contributed by atoms with Crippen LogP contribution >= 0.6 is 0 Å². The third-order valence-corrected chi connectivity index (χ3v) is 4.36. The van der Waals surface area contributed by atoms with Crippen LogP contribution in [-0.4, -0.2) is 27.4 Å². The van der Waals surface area contributed by atoms with Crippen LogP contribution in [0.1, 0.15) is 24.1 Å². The summed E-state index contributed by atoms with van der Waals surface area (Å²) in [5.41, 5.74) is 3.73. The monoisotopic (exact) mass is 299 g/mol. The zero-order chi connectivity index (χ0) is 15.5. The van der Waals surface area contributed by atoms with Gasteiger partial charge in [0.05, 0.1) is 12.2 Å². The van der Waals surface area contributed by atoms with Crippen LogP contribution in [0.3, 0.4) is 0 Å². The molecule has 1 aromatic carbocycles. The number of para-hydroxylation sites is 1. The number of carbonyl (C=O) groups is 1. The summed E-state index contributed by atoms with van der Waals surface area (Å²) in [4.78, 5) is 13.2. The van der Waals surface area contributed by atoms with Crippen molar-refractivity contribution in [2.75, 3.05) is 11.4 Å². The molecule has 1 atom stereocenters.